The second-order valence-corrected chi connectivity index (χ2v) is 13.4. The van der Waals surface area contributed by atoms with E-state index in [1.165, 1.54) is 31.4 Å². The molecule has 5 aromatic carbocycles. The van der Waals surface area contributed by atoms with Gasteiger partial charge in [0.25, 0.3) is 10.1 Å². The fourth-order valence-electron chi connectivity index (χ4n) is 5.69. The Kier molecular flexibility index (Phi) is 9.35. The molecular formula is C35H24N4NaO7S2-. The van der Waals surface area contributed by atoms with Crippen molar-refractivity contribution in [2.75, 3.05) is 7.11 Å². The third-order valence-corrected chi connectivity index (χ3v) is 9.48. The molecule has 14 heteroatoms. The first-order valence-corrected chi connectivity index (χ1v) is 17.3. The molecule has 1 heterocycles. The molecule has 0 saturated carbocycles. The maximum atomic E-state index is 12.8. The van der Waals surface area contributed by atoms with Gasteiger partial charge in [-0.2, -0.15) is 8.42 Å². The number of fused-ring (bicyclic) bond motifs is 4. The molecule has 0 atom stereocenters. The van der Waals surface area contributed by atoms with E-state index in [9.17, 15) is 25.9 Å². The van der Waals surface area contributed by atoms with Gasteiger partial charge in [-0.05, 0) is 53.9 Å². The van der Waals surface area contributed by atoms with E-state index in [0.717, 1.165) is 0 Å². The first-order chi connectivity index (χ1) is 23.0. The second-order valence-electron chi connectivity index (χ2n) is 10.7. The van der Waals surface area contributed by atoms with Crippen molar-refractivity contribution in [1.29, 1.82) is 0 Å². The molecule has 1 aliphatic carbocycles. The predicted octanol–water partition coefficient (Wildman–Crippen LogP) is 4.02. The first kappa shape index (κ1) is 34.3. The minimum atomic E-state index is -4.96. The van der Waals surface area contributed by atoms with Crippen molar-refractivity contribution in [3.05, 3.63) is 132 Å². The monoisotopic (exact) mass is 699 g/mol. The van der Waals surface area contributed by atoms with Crippen molar-refractivity contribution in [2.45, 2.75) is 9.79 Å². The molecule has 49 heavy (non-hydrogen) atoms. The van der Waals surface area contributed by atoms with E-state index in [0.29, 0.717) is 39.4 Å². The van der Waals surface area contributed by atoms with E-state index >= 15 is 0 Å². The summed E-state index contributed by atoms with van der Waals surface area (Å²) >= 11 is 0. The maximum Gasteiger partial charge on any atom is 1.00 e. The van der Waals surface area contributed by atoms with Gasteiger partial charge in [0.15, 0.2) is 0 Å². The molecule has 0 bridgehead atoms. The van der Waals surface area contributed by atoms with Crippen molar-refractivity contribution in [1.82, 2.24) is 9.55 Å². The minimum absolute atomic E-state index is 0. The third-order valence-electron chi connectivity index (χ3n) is 7.72. The summed E-state index contributed by atoms with van der Waals surface area (Å²) in [5, 5.41) is 5.04. The SMILES string of the molecule is COc1ccccc1N=c1cc2n(-c3ccccc3)c3cc([N-]c4ccccc4)c4c(S(=O)(=O)[O-])cccc4c3nc-2cc1S(=O)(=O)O.[Na+]. The van der Waals surface area contributed by atoms with Crippen LogP contribution in [0.15, 0.2) is 136 Å². The number of rotatable bonds is 7. The average molecular weight is 700 g/mol. The molecule has 0 radical (unpaired) electrons. The van der Waals surface area contributed by atoms with Gasteiger partial charge in [-0.1, -0.05) is 72.8 Å². The first-order valence-electron chi connectivity index (χ1n) is 14.4. The summed E-state index contributed by atoms with van der Waals surface area (Å²) in [6.07, 6.45) is 0. The third kappa shape index (κ3) is 6.57. The standard InChI is InChI=1S/C35H25N4O7S2.Na/c1-46-31-17-9-8-16-25(31)37-27-19-29-26(21-33(27)48(43,44)45)38-35-24-15-10-18-32(47(40,41)42)34(24)28(36-22-11-4-2-5-12-22)20-30(35)39(29)23-13-6-3-7-14-23;/h2-21H,1H3,(H,40,41,42)(H,43,44,45);/q-1;+1/p-1. The van der Waals surface area contributed by atoms with Gasteiger partial charge in [0.05, 0.1) is 39.8 Å². The number of ether oxygens (including phenoxy) is 1. The van der Waals surface area contributed by atoms with Crippen LogP contribution in [0.2, 0.25) is 0 Å². The Hall–Kier alpha value is -4.60. The van der Waals surface area contributed by atoms with Crippen LogP contribution in [0.1, 0.15) is 0 Å². The van der Waals surface area contributed by atoms with E-state index < -0.39 is 30.0 Å². The van der Waals surface area contributed by atoms with Crippen molar-refractivity contribution < 1.29 is 60.2 Å². The molecule has 5 aromatic rings. The minimum Gasteiger partial charge on any atom is -0.744 e. The van der Waals surface area contributed by atoms with Crippen LogP contribution in [0.3, 0.4) is 0 Å². The molecule has 7 rings (SSSR count). The van der Waals surface area contributed by atoms with Crippen LogP contribution in [-0.4, -0.2) is 42.6 Å². The van der Waals surface area contributed by atoms with Gasteiger partial charge in [-0.3, -0.25) is 4.55 Å². The quantitative estimate of drug-likeness (QED) is 0.113. The van der Waals surface area contributed by atoms with Crippen LogP contribution in [0, 0.1) is 0 Å². The number of methoxy groups -OCH3 is 1. The van der Waals surface area contributed by atoms with Crippen LogP contribution in [-0.2, 0) is 20.2 Å². The van der Waals surface area contributed by atoms with E-state index in [4.69, 9.17) is 15.0 Å². The zero-order valence-corrected chi connectivity index (χ0v) is 29.7. The second kappa shape index (κ2) is 13.4. The van der Waals surface area contributed by atoms with Crippen molar-refractivity contribution in [3.8, 4) is 22.8 Å². The number of hydrogen-bond acceptors (Lipinski definition) is 8. The molecule has 1 aliphatic heterocycles. The van der Waals surface area contributed by atoms with Gasteiger partial charge in [-0.25, -0.2) is 18.4 Å². The van der Waals surface area contributed by atoms with E-state index in [-0.39, 0.29) is 57.2 Å². The van der Waals surface area contributed by atoms with Gasteiger partial charge < -0.3 is 19.2 Å². The van der Waals surface area contributed by atoms with E-state index in [1.807, 2.05) is 41.0 Å². The van der Waals surface area contributed by atoms with Crippen molar-refractivity contribution >= 4 is 59.1 Å². The normalized spacial score (nSPS) is 12.3. The van der Waals surface area contributed by atoms with Crippen LogP contribution < -0.4 is 39.7 Å². The van der Waals surface area contributed by atoms with Gasteiger partial charge in [0, 0.05) is 11.1 Å². The van der Waals surface area contributed by atoms with Crippen LogP contribution in [0.4, 0.5) is 17.1 Å². The van der Waals surface area contributed by atoms with Gasteiger partial charge >= 0.3 is 29.6 Å². The summed E-state index contributed by atoms with van der Waals surface area (Å²) in [7, 11) is -8.33. The van der Waals surface area contributed by atoms with Crippen molar-refractivity contribution in [2.24, 2.45) is 4.99 Å². The molecular weight excluding hydrogens is 676 g/mol. The number of benzene rings is 6. The maximum absolute atomic E-state index is 12.8. The smallest absolute Gasteiger partial charge is 0.744 e. The fourth-order valence-corrected chi connectivity index (χ4v) is 7.03. The molecule has 2 aliphatic rings. The molecule has 0 unspecified atom stereocenters. The van der Waals surface area contributed by atoms with Gasteiger partial charge in [0.2, 0.25) is 0 Å². The number of nitrogens with zero attached hydrogens (tertiary/aromatic N) is 4. The molecule has 1 N–H and O–H groups in total. The Labute approximate surface area is 303 Å². The Balaban J connectivity index is 0.00000417. The summed E-state index contributed by atoms with van der Waals surface area (Å²) in [5.41, 5.74) is 2.98. The number of aromatic nitrogens is 2. The van der Waals surface area contributed by atoms with Gasteiger partial charge in [0.1, 0.15) is 26.5 Å². The van der Waals surface area contributed by atoms with Crippen molar-refractivity contribution in [3.63, 3.8) is 0 Å². The molecule has 0 aromatic heterocycles. The van der Waals surface area contributed by atoms with Gasteiger partial charge in [-0.15, -0.1) is 11.4 Å². The van der Waals surface area contributed by atoms with Crippen LogP contribution >= 0.6 is 0 Å². The Morgan fingerprint density at radius 3 is 2.16 bits per heavy atom. The molecule has 0 saturated heterocycles. The zero-order chi connectivity index (χ0) is 33.6. The Morgan fingerprint density at radius 2 is 1.49 bits per heavy atom. The zero-order valence-electron chi connectivity index (χ0n) is 26.0. The molecule has 240 valence electrons. The van der Waals surface area contributed by atoms with E-state index in [2.05, 4.69) is 4.99 Å². The number of hydrogen-bond donors (Lipinski definition) is 1. The molecule has 0 spiro atoms. The summed E-state index contributed by atoms with van der Waals surface area (Å²) in [6.45, 7) is 0. The van der Waals surface area contributed by atoms with Crippen LogP contribution in [0.25, 0.3) is 44.2 Å². The Morgan fingerprint density at radius 1 is 0.816 bits per heavy atom. The molecule has 0 amide bonds. The average Bonchev–Trinajstić information content (AvgIpc) is 3.07. The summed E-state index contributed by atoms with van der Waals surface area (Å²) < 4.78 is 80.7. The molecule has 11 nitrogen and oxygen atoms in total. The Bertz CT molecular complexity index is 2630. The summed E-state index contributed by atoms with van der Waals surface area (Å²) in [4.78, 5) is 8.42. The fraction of sp³-hybridized carbons (Fsp3) is 0.0286. The molecule has 0 fully saturated rings. The summed E-state index contributed by atoms with van der Waals surface area (Å²) in [6, 6.07) is 33.5. The largest absolute Gasteiger partial charge is 1.00 e. The summed E-state index contributed by atoms with van der Waals surface area (Å²) in [5.74, 6) is 0.384. The topological polar surface area (TPSA) is 165 Å². The van der Waals surface area contributed by atoms with Crippen LogP contribution in [0.5, 0.6) is 5.75 Å². The predicted molar refractivity (Wildman–Crippen MR) is 180 cm³/mol. The van der Waals surface area contributed by atoms with E-state index in [1.54, 1.807) is 60.7 Å². The number of para-hydroxylation sites is 4.